The van der Waals surface area contributed by atoms with E-state index in [0.717, 1.165) is 0 Å². The number of hydrogen-bond acceptors (Lipinski definition) is 20. The summed E-state index contributed by atoms with van der Waals surface area (Å²) in [6.45, 7) is 2.14. The Balaban J connectivity index is 2.35. The Kier molecular flexibility index (Phi) is 33.7. The van der Waals surface area contributed by atoms with Crippen LogP contribution < -0.4 is 81.8 Å². The second kappa shape index (κ2) is 39.5. The van der Waals surface area contributed by atoms with E-state index >= 15 is 0 Å². The number of carboxylic acids is 1. The molecule has 1 aromatic carbocycles. The molecule has 26 N–H and O–H groups in total. The summed E-state index contributed by atoms with van der Waals surface area (Å²) in [6, 6.07) is -10.3. The minimum absolute atomic E-state index is 0.0542. The molecule has 0 fully saturated rings. The number of guanidine groups is 1. The van der Waals surface area contributed by atoms with Crippen LogP contribution in [0.4, 0.5) is 0 Å². The number of nitrogens with two attached hydrogens (primary N) is 5. The van der Waals surface area contributed by atoms with E-state index in [1.54, 1.807) is 51.1 Å². The van der Waals surface area contributed by atoms with Crippen LogP contribution in [0.2, 0.25) is 0 Å². The highest BCUT2D eigenvalue weighted by molar-refractivity contribution is 6.00. The van der Waals surface area contributed by atoms with Crippen LogP contribution in [-0.4, -0.2) is 218 Å². The van der Waals surface area contributed by atoms with Gasteiger partial charge in [0.1, 0.15) is 60.4 Å². The van der Waals surface area contributed by atoms with E-state index in [0.29, 0.717) is 17.7 Å². The van der Waals surface area contributed by atoms with Crippen LogP contribution >= 0.6 is 0 Å². The van der Waals surface area contributed by atoms with E-state index < -0.39 is 201 Å². The number of carbonyl (C=O) groups is 13. The third-order valence-electron chi connectivity index (χ3n) is 14.0. The summed E-state index contributed by atoms with van der Waals surface area (Å²) in [5, 5.41) is 73.6. The number of rotatable bonds is 42. The first-order valence-electron chi connectivity index (χ1n) is 28.6. The van der Waals surface area contributed by atoms with Gasteiger partial charge in [0.15, 0.2) is 5.96 Å². The van der Waals surface area contributed by atoms with Gasteiger partial charge in [0.2, 0.25) is 70.9 Å². The van der Waals surface area contributed by atoms with E-state index in [4.69, 9.17) is 28.7 Å². The number of nitrogens with one attached hydrogen (secondary N) is 11. The number of aliphatic imine (C=N–C) groups is 1. The fourth-order valence-electron chi connectivity index (χ4n) is 8.34. The van der Waals surface area contributed by atoms with E-state index in [-0.39, 0.29) is 44.6 Å². The molecule has 36 nitrogen and oxygen atoms in total. The van der Waals surface area contributed by atoms with Crippen LogP contribution in [0.15, 0.2) is 47.8 Å². The molecule has 36 heteroatoms. The lowest BCUT2D eigenvalue weighted by Crippen LogP contribution is -2.62. The van der Waals surface area contributed by atoms with Gasteiger partial charge in [-0.2, -0.15) is 0 Å². The summed E-state index contributed by atoms with van der Waals surface area (Å²) in [5.41, 5.74) is 28.1. The summed E-state index contributed by atoms with van der Waals surface area (Å²) in [7, 11) is 0. The minimum Gasteiger partial charge on any atom is -0.480 e. The number of aliphatic carboxylic acids is 1. The molecule has 0 aliphatic rings. The van der Waals surface area contributed by atoms with E-state index in [2.05, 4.69) is 68.1 Å². The van der Waals surface area contributed by atoms with Crippen LogP contribution in [-0.2, 0) is 75.2 Å². The molecule has 0 spiro atoms. The largest absolute Gasteiger partial charge is 0.480 e. The highest BCUT2D eigenvalue weighted by Gasteiger charge is 2.38. The van der Waals surface area contributed by atoms with Gasteiger partial charge in [0.25, 0.3) is 0 Å². The maximum absolute atomic E-state index is 14.2. The van der Waals surface area contributed by atoms with Crippen molar-refractivity contribution in [2.45, 2.75) is 152 Å². The van der Waals surface area contributed by atoms with Gasteiger partial charge >= 0.3 is 5.97 Å². The van der Waals surface area contributed by atoms with Crippen LogP contribution in [0.25, 0.3) is 0 Å². The van der Waals surface area contributed by atoms with E-state index in [1.165, 1.54) is 19.4 Å². The number of nitrogens with zero attached hydrogens (tertiary/aromatic N) is 2. The smallest absolute Gasteiger partial charge is 0.326 e. The molecule has 0 unspecified atom stereocenters. The van der Waals surface area contributed by atoms with Crippen molar-refractivity contribution in [1.29, 1.82) is 0 Å². The molecule has 2 rings (SSSR count). The lowest BCUT2D eigenvalue weighted by molar-refractivity contribution is -0.142. The molecule has 500 valence electrons. The fraction of sp³-hybridized carbons (Fsp3) is 0.574. The molecule has 12 amide bonds. The van der Waals surface area contributed by atoms with Crippen LogP contribution in [0, 0.1) is 11.8 Å². The standard InChI is InChI=1S/C54H86N18O18/c1-5-26(3)41(71-49(85)37(23-75)68-44(80)31(14-15-39(56)77)63-47(83)36(22-74)70-48(84)35(21-73)67-43(79)30(55)13-10-16-61-54(58)59)51(87)65-33(19-40(57)78)46(82)64-32(17-28-11-8-7-9-12-28)45(81)69-38(24-76)50(86)72-42(27(4)6-2)52(88)66-34(53(89)90)18-29-20-60-25-62-29/h7-9,11-12,20,25-27,30-38,41-42,73-76H,5-6,10,13-19,21-24,55H2,1-4H3,(H2,56,77)(H2,57,78)(H,60,62)(H,63,83)(H,64,82)(H,65,87)(H,66,88)(H,67,79)(H,68,80)(H,69,81)(H,70,84)(H,71,85)(H,72,86)(H,89,90)(H4,58,59,61)/t26-,27-,30-,31-,32-,33-,34-,35-,36-,37-,38-,41-,42-/m0/s1. The molecule has 1 aromatic heterocycles. The number of H-pyrrole nitrogens is 1. The number of aliphatic hydroxyl groups excluding tert-OH is 4. The maximum Gasteiger partial charge on any atom is 0.326 e. The van der Waals surface area contributed by atoms with Gasteiger partial charge < -0.3 is 112 Å². The van der Waals surface area contributed by atoms with Gasteiger partial charge in [-0.25, -0.2) is 9.78 Å². The lowest BCUT2D eigenvalue weighted by atomic mass is 9.97. The van der Waals surface area contributed by atoms with Gasteiger partial charge in [-0.05, 0) is 36.7 Å². The van der Waals surface area contributed by atoms with Crippen LogP contribution in [0.1, 0.15) is 83.9 Å². The van der Waals surface area contributed by atoms with Crippen molar-refractivity contribution in [1.82, 2.24) is 63.1 Å². The number of hydrogen-bond donors (Lipinski definition) is 21. The number of amides is 12. The third-order valence-corrected chi connectivity index (χ3v) is 14.0. The molecule has 0 aliphatic heterocycles. The molecule has 13 atom stereocenters. The number of aromatic nitrogens is 2. The highest BCUT2D eigenvalue weighted by Crippen LogP contribution is 2.13. The molecular formula is C54H86N18O18. The number of carbonyl (C=O) groups excluding carboxylic acids is 12. The number of aliphatic hydroxyl groups is 4. The second-order valence-corrected chi connectivity index (χ2v) is 21.0. The summed E-state index contributed by atoms with van der Waals surface area (Å²) in [5.74, 6) is -16.4. The predicted octanol–water partition coefficient (Wildman–Crippen LogP) is -9.29. The Bertz CT molecular complexity index is 2770. The van der Waals surface area contributed by atoms with Crippen molar-refractivity contribution in [3.05, 3.63) is 54.1 Å². The number of primary amides is 2. The molecule has 0 aliphatic carbocycles. The Morgan fingerprint density at radius 2 is 0.922 bits per heavy atom. The molecule has 0 saturated carbocycles. The maximum atomic E-state index is 14.2. The molecule has 0 radical (unpaired) electrons. The van der Waals surface area contributed by atoms with Gasteiger partial charge in [-0.3, -0.25) is 62.5 Å². The molecule has 0 saturated heterocycles. The van der Waals surface area contributed by atoms with Gasteiger partial charge in [-0.1, -0.05) is 70.9 Å². The zero-order valence-electron chi connectivity index (χ0n) is 50.3. The number of carboxylic acid groups (broad SMARTS) is 1. The van der Waals surface area contributed by atoms with E-state index in [1.807, 2.05) is 0 Å². The van der Waals surface area contributed by atoms with Gasteiger partial charge in [0, 0.05) is 37.7 Å². The normalized spacial score (nSPS) is 15.3. The van der Waals surface area contributed by atoms with Crippen LogP contribution in [0.5, 0.6) is 0 Å². The van der Waals surface area contributed by atoms with Crippen molar-refractivity contribution >= 4 is 82.8 Å². The third kappa shape index (κ3) is 26.5. The topological polar surface area (TPSA) is 614 Å². The highest BCUT2D eigenvalue weighted by atomic mass is 16.4. The average molecular weight is 1280 g/mol. The summed E-state index contributed by atoms with van der Waals surface area (Å²) in [6.07, 6.45) is 0.886. The second-order valence-electron chi connectivity index (χ2n) is 21.0. The average Bonchev–Trinajstić information content (AvgIpc) is 1.47. The molecule has 1 heterocycles. The zero-order valence-corrected chi connectivity index (χ0v) is 50.3. The van der Waals surface area contributed by atoms with Crippen LogP contribution in [0.3, 0.4) is 0 Å². The SMILES string of the molecule is CC[C@H](C)[C@H](NC(=O)[C@H](CO)NC(=O)[C@H](Cc1ccccc1)NC(=O)[C@H](CC(N)=O)NC(=O)[C@@H](NC(=O)[C@H](CO)NC(=O)[C@H](CCC(N)=O)NC(=O)[C@H](CO)NC(=O)[C@H](CO)NC(=O)[C@@H](N)CCCN=C(N)N)[C@@H](C)CC)C(=O)N[C@@H](Cc1cnc[nH]1)C(=O)O. The van der Waals surface area contributed by atoms with Crippen molar-refractivity contribution in [2.24, 2.45) is 45.5 Å². The molecule has 2 aromatic rings. The Morgan fingerprint density at radius 1 is 0.511 bits per heavy atom. The quantitative estimate of drug-likeness (QED) is 0.0167. The molecule has 0 bridgehead atoms. The zero-order chi connectivity index (χ0) is 67.8. The van der Waals surface area contributed by atoms with Gasteiger partial charge in [-0.15, -0.1) is 0 Å². The minimum atomic E-state index is -1.93. The first kappa shape index (κ1) is 76.7. The van der Waals surface area contributed by atoms with Gasteiger partial charge in [0.05, 0.1) is 45.2 Å². The predicted molar refractivity (Wildman–Crippen MR) is 317 cm³/mol. The van der Waals surface area contributed by atoms with Crippen molar-refractivity contribution < 1.29 is 87.9 Å². The summed E-state index contributed by atoms with van der Waals surface area (Å²) < 4.78 is 0. The fourth-order valence-corrected chi connectivity index (χ4v) is 8.34. The monoisotopic (exact) mass is 1270 g/mol. The Morgan fingerprint density at radius 3 is 1.34 bits per heavy atom. The van der Waals surface area contributed by atoms with Crippen molar-refractivity contribution in [3.8, 4) is 0 Å². The molecular weight excluding hydrogens is 1190 g/mol. The Hall–Kier alpha value is -9.39. The first-order chi connectivity index (χ1) is 42.5. The number of imidazole rings is 1. The summed E-state index contributed by atoms with van der Waals surface area (Å²) in [4.78, 5) is 184. The first-order valence-corrected chi connectivity index (χ1v) is 28.6. The Labute approximate surface area is 517 Å². The number of aromatic amines is 1. The molecule has 90 heavy (non-hydrogen) atoms. The van der Waals surface area contributed by atoms with Crippen molar-refractivity contribution in [2.75, 3.05) is 33.0 Å². The van der Waals surface area contributed by atoms with Crippen molar-refractivity contribution in [3.63, 3.8) is 0 Å². The summed E-state index contributed by atoms with van der Waals surface area (Å²) >= 11 is 0. The lowest BCUT2D eigenvalue weighted by Gasteiger charge is -2.29. The number of benzene rings is 1. The van der Waals surface area contributed by atoms with E-state index in [9.17, 15) is 87.9 Å².